The molecule has 3 heteroatoms. The quantitative estimate of drug-likeness (QED) is 0.919. The van der Waals surface area contributed by atoms with Crippen LogP contribution in [-0.2, 0) is 0 Å². The van der Waals surface area contributed by atoms with Gasteiger partial charge >= 0.3 is 0 Å². The molecule has 1 aromatic rings. The van der Waals surface area contributed by atoms with Crippen molar-refractivity contribution in [3.63, 3.8) is 0 Å². The van der Waals surface area contributed by atoms with Crippen LogP contribution in [-0.4, -0.2) is 25.2 Å². The fraction of sp³-hybridized carbons (Fsp3) is 0.600. The predicted molar refractivity (Wildman–Crippen MR) is 80.3 cm³/mol. The first-order chi connectivity index (χ1) is 8.72. The maximum atomic E-state index is 3.77. The lowest BCUT2D eigenvalue weighted by Crippen LogP contribution is -2.46. The molecule has 1 N–H and O–H groups in total. The number of anilines is 1. The van der Waals surface area contributed by atoms with Crippen molar-refractivity contribution in [1.82, 2.24) is 5.32 Å². The highest BCUT2D eigenvalue weighted by molar-refractivity contribution is 9.10. The van der Waals surface area contributed by atoms with E-state index >= 15 is 0 Å². The lowest BCUT2D eigenvalue weighted by molar-refractivity contribution is 0.420. The molecule has 0 amide bonds. The topological polar surface area (TPSA) is 15.3 Å². The summed E-state index contributed by atoms with van der Waals surface area (Å²) in [5.41, 5.74) is 2.70. The number of rotatable bonds is 3. The zero-order valence-electron chi connectivity index (χ0n) is 11.0. The second-order valence-corrected chi connectivity index (χ2v) is 6.51. The van der Waals surface area contributed by atoms with Gasteiger partial charge in [-0.2, -0.15) is 0 Å². The van der Waals surface area contributed by atoms with Crippen LogP contribution in [0.5, 0.6) is 0 Å². The lowest BCUT2D eigenvalue weighted by Gasteiger charge is -2.35. The van der Waals surface area contributed by atoms with Gasteiger partial charge in [0.05, 0.1) is 0 Å². The molecular formula is C15H21BrN2. The van der Waals surface area contributed by atoms with E-state index in [4.69, 9.17) is 0 Å². The van der Waals surface area contributed by atoms with Gasteiger partial charge in [-0.15, -0.1) is 0 Å². The lowest BCUT2D eigenvalue weighted by atomic mass is 10.0. The monoisotopic (exact) mass is 308 g/mol. The molecule has 2 fully saturated rings. The molecule has 1 atom stereocenters. The summed E-state index contributed by atoms with van der Waals surface area (Å²) in [4.78, 5) is 2.53. The number of aryl methyl sites for hydroxylation is 1. The Hall–Kier alpha value is -0.540. The van der Waals surface area contributed by atoms with Gasteiger partial charge in [-0.05, 0) is 56.4 Å². The number of piperidine rings is 1. The summed E-state index contributed by atoms with van der Waals surface area (Å²) in [6.07, 6.45) is 5.41. The molecule has 0 spiro atoms. The summed E-state index contributed by atoms with van der Waals surface area (Å²) in [5, 5.41) is 3.77. The second-order valence-electron chi connectivity index (χ2n) is 5.66. The number of benzene rings is 1. The zero-order valence-corrected chi connectivity index (χ0v) is 12.5. The molecule has 2 aliphatic rings. The van der Waals surface area contributed by atoms with E-state index in [2.05, 4.69) is 51.3 Å². The first kappa shape index (κ1) is 12.5. The van der Waals surface area contributed by atoms with Crippen LogP contribution in [0.1, 0.15) is 31.2 Å². The molecule has 1 aliphatic carbocycles. The summed E-state index contributed by atoms with van der Waals surface area (Å²) in [5.74, 6) is 0. The van der Waals surface area contributed by atoms with Gasteiger partial charge in [-0.3, -0.25) is 0 Å². The van der Waals surface area contributed by atoms with Crippen molar-refractivity contribution < 1.29 is 0 Å². The number of hydrogen-bond donors (Lipinski definition) is 1. The van der Waals surface area contributed by atoms with Gasteiger partial charge < -0.3 is 10.2 Å². The van der Waals surface area contributed by atoms with E-state index in [9.17, 15) is 0 Å². The Morgan fingerprint density at radius 1 is 1.22 bits per heavy atom. The van der Waals surface area contributed by atoms with Gasteiger partial charge in [-0.25, -0.2) is 0 Å². The van der Waals surface area contributed by atoms with Crippen LogP contribution in [0, 0.1) is 6.92 Å². The molecule has 1 saturated carbocycles. The van der Waals surface area contributed by atoms with E-state index < -0.39 is 0 Å². The Bertz CT molecular complexity index is 429. The van der Waals surface area contributed by atoms with Crippen molar-refractivity contribution in [2.24, 2.45) is 0 Å². The van der Waals surface area contributed by atoms with Crippen LogP contribution in [0.3, 0.4) is 0 Å². The van der Waals surface area contributed by atoms with Gasteiger partial charge in [0, 0.05) is 35.3 Å². The predicted octanol–water partition coefficient (Wildman–Crippen LogP) is 3.48. The van der Waals surface area contributed by atoms with Crippen molar-refractivity contribution in [2.45, 2.75) is 44.7 Å². The fourth-order valence-electron chi connectivity index (χ4n) is 2.76. The van der Waals surface area contributed by atoms with Crippen molar-refractivity contribution in [3.8, 4) is 0 Å². The minimum atomic E-state index is 0.690. The first-order valence-electron chi connectivity index (χ1n) is 6.99. The van der Waals surface area contributed by atoms with Crippen LogP contribution >= 0.6 is 15.9 Å². The average molecular weight is 309 g/mol. The van der Waals surface area contributed by atoms with Crippen LogP contribution < -0.4 is 10.2 Å². The van der Waals surface area contributed by atoms with Crippen LogP contribution in [0.15, 0.2) is 22.7 Å². The van der Waals surface area contributed by atoms with E-state index in [0.29, 0.717) is 6.04 Å². The molecule has 1 aromatic carbocycles. The molecule has 2 nitrogen and oxygen atoms in total. The number of hydrogen-bond acceptors (Lipinski definition) is 2. The Morgan fingerprint density at radius 2 is 2.06 bits per heavy atom. The summed E-state index contributed by atoms with van der Waals surface area (Å²) in [6.45, 7) is 4.53. The summed E-state index contributed by atoms with van der Waals surface area (Å²) >= 11 is 3.58. The highest BCUT2D eigenvalue weighted by Crippen LogP contribution is 2.27. The van der Waals surface area contributed by atoms with Crippen molar-refractivity contribution in [3.05, 3.63) is 28.2 Å². The van der Waals surface area contributed by atoms with Crippen LogP contribution in [0.2, 0.25) is 0 Å². The highest BCUT2D eigenvalue weighted by atomic mass is 79.9. The fourth-order valence-corrected chi connectivity index (χ4v) is 3.00. The van der Waals surface area contributed by atoms with Crippen molar-refractivity contribution in [1.29, 1.82) is 0 Å². The minimum Gasteiger partial charge on any atom is -0.370 e. The molecule has 18 heavy (non-hydrogen) atoms. The Labute approximate surface area is 118 Å². The molecule has 0 radical (unpaired) electrons. The molecular weight excluding hydrogens is 288 g/mol. The Kier molecular flexibility index (Phi) is 3.62. The summed E-state index contributed by atoms with van der Waals surface area (Å²) in [7, 11) is 0. The van der Waals surface area contributed by atoms with Gasteiger partial charge in [0.25, 0.3) is 0 Å². The van der Waals surface area contributed by atoms with Gasteiger partial charge in [-0.1, -0.05) is 15.9 Å². The van der Waals surface area contributed by atoms with Crippen molar-refractivity contribution in [2.75, 3.05) is 18.0 Å². The SMILES string of the molecule is Cc1cc(N2CCCC(NC3CC3)C2)ccc1Br. The van der Waals surface area contributed by atoms with Gasteiger partial charge in [0.15, 0.2) is 0 Å². The molecule has 1 aliphatic heterocycles. The minimum absolute atomic E-state index is 0.690. The van der Waals surface area contributed by atoms with Crippen LogP contribution in [0.25, 0.3) is 0 Å². The second kappa shape index (κ2) is 5.22. The molecule has 1 saturated heterocycles. The molecule has 1 unspecified atom stereocenters. The third kappa shape index (κ3) is 2.89. The molecule has 98 valence electrons. The standard InChI is InChI=1S/C15H21BrN2/c1-11-9-14(6-7-15(11)16)18-8-2-3-13(10-18)17-12-4-5-12/h6-7,9,12-13,17H,2-5,8,10H2,1H3. The smallest absolute Gasteiger partial charge is 0.0370 e. The summed E-state index contributed by atoms with van der Waals surface area (Å²) in [6, 6.07) is 8.21. The van der Waals surface area contributed by atoms with E-state index in [0.717, 1.165) is 12.6 Å². The molecule has 0 bridgehead atoms. The maximum Gasteiger partial charge on any atom is 0.0370 e. The largest absolute Gasteiger partial charge is 0.370 e. The van der Waals surface area contributed by atoms with E-state index in [1.165, 1.54) is 48.0 Å². The number of nitrogens with one attached hydrogen (secondary N) is 1. The normalized spacial score (nSPS) is 24.3. The maximum absolute atomic E-state index is 3.77. The Morgan fingerprint density at radius 3 is 2.78 bits per heavy atom. The Balaban J connectivity index is 1.68. The van der Waals surface area contributed by atoms with E-state index in [1.54, 1.807) is 0 Å². The van der Waals surface area contributed by atoms with E-state index in [1.807, 2.05) is 0 Å². The molecule has 0 aromatic heterocycles. The zero-order chi connectivity index (χ0) is 12.5. The third-order valence-electron chi connectivity index (χ3n) is 3.98. The molecule has 3 rings (SSSR count). The van der Waals surface area contributed by atoms with Gasteiger partial charge in [0.1, 0.15) is 0 Å². The number of nitrogens with zero attached hydrogens (tertiary/aromatic N) is 1. The van der Waals surface area contributed by atoms with E-state index in [-0.39, 0.29) is 0 Å². The molecule has 1 heterocycles. The first-order valence-corrected chi connectivity index (χ1v) is 7.79. The number of halogens is 1. The van der Waals surface area contributed by atoms with Crippen LogP contribution in [0.4, 0.5) is 5.69 Å². The van der Waals surface area contributed by atoms with Gasteiger partial charge in [0.2, 0.25) is 0 Å². The summed E-state index contributed by atoms with van der Waals surface area (Å²) < 4.78 is 1.20. The van der Waals surface area contributed by atoms with Crippen molar-refractivity contribution >= 4 is 21.6 Å². The average Bonchev–Trinajstić information content (AvgIpc) is 3.17. The third-order valence-corrected chi connectivity index (χ3v) is 4.87. The highest BCUT2D eigenvalue weighted by Gasteiger charge is 2.27.